The first-order valence-electron chi connectivity index (χ1n) is 12.8. The molecule has 3 atom stereocenters. The van der Waals surface area contributed by atoms with Crippen LogP contribution in [0.3, 0.4) is 0 Å². The third-order valence-electron chi connectivity index (χ3n) is 7.38. The van der Waals surface area contributed by atoms with Gasteiger partial charge in [-0.15, -0.1) is 5.54 Å². The van der Waals surface area contributed by atoms with Crippen LogP contribution in [0.5, 0.6) is 0 Å². The highest BCUT2D eigenvalue weighted by molar-refractivity contribution is 6.87. The van der Waals surface area contributed by atoms with Crippen LogP contribution < -0.4 is 0 Å². The van der Waals surface area contributed by atoms with E-state index in [-0.39, 0.29) is 28.1 Å². The maximum Gasteiger partial charge on any atom is 0.330 e. The molecule has 200 valence electrons. The van der Waals surface area contributed by atoms with Gasteiger partial charge in [-0.2, -0.15) is 0 Å². The predicted octanol–water partition coefficient (Wildman–Crippen LogP) is 7.44. The average Bonchev–Trinajstić information content (AvgIpc) is 2.70. The van der Waals surface area contributed by atoms with E-state index in [0.717, 1.165) is 5.57 Å². The van der Waals surface area contributed by atoms with E-state index < -0.39 is 22.5 Å². The first-order chi connectivity index (χ1) is 15.7. The van der Waals surface area contributed by atoms with E-state index >= 15 is 0 Å². The molecule has 0 bridgehead atoms. The quantitative estimate of drug-likeness (QED) is 0.107. The number of carbonyl (C=O) groups excluding carboxylic acids is 1. The second-order valence-corrected chi connectivity index (χ2v) is 22.3. The molecule has 0 saturated carbocycles. The number of aliphatic hydroxyl groups is 1. The number of esters is 1. The van der Waals surface area contributed by atoms with Crippen molar-refractivity contribution in [3.05, 3.63) is 36.0 Å². The molecule has 0 rings (SSSR count). The molecule has 0 aromatic rings. The summed E-state index contributed by atoms with van der Waals surface area (Å²) in [6.07, 6.45) is 8.41. The lowest BCUT2D eigenvalue weighted by atomic mass is 9.95. The average molecular weight is 521 g/mol. The van der Waals surface area contributed by atoms with Gasteiger partial charge in [0.2, 0.25) is 0 Å². The van der Waals surface area contributed by atoms with E-state index in [1.54, 1.807) is 19.1 Å². The molecule has 35 heavy (non-hydrogen) atoms. The van der Waals surface area contributed by atoms with Crippen LogP contribution in [0, 0.1) is 17.4 Å². The molecular weight excluding hydrogens is 468 g/mol. The molecule has 1 N–H and O–H groups in total. The van der Waals surface area contributed by atoms with Crippen molar-refractivity contribution in [3.63, 3.8) is 0 Å². The van der Waals surface area contributed by atoms with Crippen molar-refractivity contribution in [2.24, 2.45) is 5.92 Å². The highest BCUT2D eigenvalue weighted by atomic mass is 28.4. The summed E-state index contributed by atoms with van der Waals surface area (Å²) in [4.78, 5) is 11.4. The largest absolute Gasteiger partial charge is 0.463 e. The van der Waals surface area contributed by atoms with Crippen LogP contribution in [-0.4, -0.2) is 46.3 Å². The molecule has 0 aliphatic carbocycles. The van der Waals surface area contributed by atoms with E-state index in [4.69, 9.17) is 9.16 Å². The number of hydrogen-bond donors (Lipinski definition) is 1. The van der Waals surface area contributed by atoms with Crippen LogP contribution in [-0.2, 0) is 14.0 Å². The molecule has 0 heterocycles. The fraction of sp³-hybridized carbons (Fsp3) is 0.690. The Hall–Kier alpha value is -1.40. The maximum absolute atomic E-state index is 11.4. The normalized spacial score (nSPS) is 16.7. The minimum absolute atomic E-state index is 0.0624. The molecule has 0 aliphatic rings. The zero-order chi connectivity index (χ0) is 27.7. The molecule has 0 amide bonds. The van der Waals surface area contributed by atoms with E-state index in [1.165, 1.54) is 6.08 Å². The van der Waals surface area contributed by atoms with Crippen LogP contribution in [0.25, 0.3) is 0 Å². The van der Waals surface area contributed by atoms with Crippen molar-refractivity contribution in [1.82, 2.24) is 0 Å². The van der Waals surface area contributed by atoms with Crippen LogP contribution >= 0.6 is 0 Å². The van der Waals surface area contributed by atoms with Crippen LogP contribution in [0.4, 0.5) is 0 Å². The van der Waals surface area contributed by atoms with Gasteiger partial charge in [-0.05, 0) is 43.4 Å². The number of allylic oxidation sites excluding steroid dienone is 4. The lowest BCUT2D eigenvalue weighted by Crippen LogP contribution is -2.47. The van der Waals surface area contributed by atoms with Crippen LogP contribution in [0.15, 0.2) is 36.0 Å². The molecule has 0 aromatic heterocycles. The first kappa shape index (κ1) is 33.6. The summed E-state index contributed by atoms with van der Waals surface area (Å²) in [5.41, 5.74) is 4.64. The Morgan fingerprint density at radius 1 is 1.00 bits per heavy atom. The number of rotatable bonds is 10. The van der Waals surface area contributed by atoms with Gasteiger partial charge in [0, 0.05) is 12.0 Å². The van der Waals surface area contributed by atoms with Gasteiger partial charge < -0.3 is 14.3 Å². The van der Waals surface area contributed by atoms with E-state index in [2.05, 4.69) is 79.2 Å². The summed E-state index contributed by atoms with van der Waals surface area (Å²) < 4.78 is 11.6. The topological polar surface area (TPSA) is 55.8 Å². The van der Waals surface area contributed by atoms with Gasteiger partial charge in [0.25, 0.3) is 0 Å². The smallest absolute Gasteiger partial charge is 0.330 e. The Morgan fingerprint density at radius 3 is 2.03 bits per heavy atom. The Labute approximate surface area is 218 Å². The van der Waals surface area contributed by atoms with Crippen molar-refractivity contribution >= 4 is 22.4 Å². The molecule has 0 aromatic carbocycles. The SMILES string of the molecule is CCOC(=O)/C=C/C=C/C(C)=C/C[C@H](O)[C@@H](C)[C@@H](C#C[Si](C)(C)C(C)(C)C)O[Si](C)(C)C(C)(C)C. The van der Waals surface area contributed by atoms with Crippen LogP contribution in [0.2, 0.25) is 36.3 Å². The molecule has 0 saturated heterocycles. The Kier molecular flexibility index (Phi) is 13.2. The number of ether oxygens (including phenoxy) is 1. The predicted molar refractivity (Wildman–Crippen MR) is 156 cm³/mol. The second kappa shape index (κ2) is 13.8. The Morgan fingerprint density at radius 2 is 1.54 bits per heavy atom. The third kappa shape index (κ3) is 11.9. The molecule has 0 radical (unpaired) electrons. The minimum atomic E-state index is -2.07. The minimum Gasteiger partial charge on any atom is -0.463 e. The highest BCUT2D eigenvalue weighted by Crippen LogP contribution is 2.39. The van der Waals surface area contributed by atoms with Gasteiger partial charge in [-0.25, -0.2) is 4.79 Å². The molecule has 6 heteroatoms. The molecule has 0 fully saturated rings. The Balaban J connectivity index is 5.66. The summed E-state index contributed by atoms with van der Waals surface area (Å²) in [6, 6.07) is 0. The second-order valence-electron chi connectivity index (χ2n) is 12.5. The molecule has 0 aliphatic heterocycles. The monoisotopic (exact) mass is 520 g/mol. The zero-order valence-corrected chi connectivity index (χ0v) is 26.7. The highest BCUT2D eigenvalue weighted by Gasteiger charge is 2.41. The summed E-state index contributed by atoms with van der Waals surface area (Å²) in [7, 11) is -3.88. The standard InChI is InChI=1S/C29H52O4Si2/c1-14-32-27(31)18-16-15-17-23(2)19-20-25(30)24(3)26(33-35(12,13)29(7,8)9)21-22-34(10,11)28(4,5)6/h15-19,24-26,30H,14,20H2,1-13H3/b17-15+,18-16+,23-19+/t24-,25+,26-/m1/s1. The van der Waals surface area contributed by atoms with E-state index in [1.807, 2.05) is 26.0 Å². The summed E-state index contributed by atoms with van der Waals surface area (Å²) in [5, 5.41) is 11.3. The van der Waals surface area contributed by atoms with Crippen LogP contribution in [0.1, 0.15) is 68.7 Å². The number of aliphatic hydroxyl groups excluding tert-OH is 1. The van der Waals surface area contributed by atoms with Crippen molar-refractivity contribution in [3.8, 4) is 11.5 Å². The summed E-state index contributed by atoms with van der Waals surface area (Å²) in [6.45, 7) is 28.7. The van der Waals surface area contributed by atoms with Gasteiger partial charge in [-0.1, -0.05) is 97.4 Å². The van der Waals surface area contributed by atoms with E-state index in [9.17, 15) is 9.90 Å². The lowest BCUT2D eigenvalue weighted by molar-refractivity contribution is -0.137. The maximum atomic E-state index is 11.4. The van der Waals surface area contributed by atoms with Crippen molar-refractivity contribution < 1.29 is 19.1 Å². The molecule has 4 nitrogen and oxygen atoms in total. The fourth-order valence-corrected chi connectivity index (χ4v) is 4.66. The first-order valence-corrected chi connectivity index (χ1v) is 18.7. The number of carbonyl (C=O) groups is 1. The fourth-order valence-electron chi connectivity index (χ4n) is 2.52. The van der Waals surface area contributed by atoms with Crippen molar-refractivity contribution in [2.45, 2.75) is 117 Å². The van der Waals surface area contributed by atoms with Gasteiger partial charge in [0.05, 0.1) is 12.7 Å². The molecule has 0 spiro atoms. The molecular formula is C29H52O4Si2. The van der Waals surface area contributed by atoms with Gasteiger partial charge in [0.15, 0.2) is 8.32 Å². The lowest BCUT2D eigenvalue weighted by Gasteiger charge is -2.40. The van der Waals surface area contributed by atoms with E-state index in [0.29, 0.717) is 13.0 Å². The summed E-state index contributed by atoms with van der Waals surface area (Å²) >= 11 is 0. The third-order valence-corrected chi connectivity index (χ3v) is 16.4. The summed E-state index contributed by atoms with van der Waals surface area (Å²) in [5.74, 6) is 3.02. The van der Waals surface area contributed by atoms with Crippen molar-refractivity contribution in [1.29, 1.82) is 0 Å². The van der Waals surface area contributed by atoms with Gasteiger partial charge in [-0.3, -0.25) is 0 Å². The van der Waals surface area contributed by atoms with Gasteiger partial charge >= 0.3 is 5.97 Å². The van der Waals surface area contributed by atoms with Gasteiger partial charge in [0.1, 0.15) is 14.2 Å². The molecule has 0 unspecified atom stereocenters. The zero-order valence-electron chi connectivity index (χ0n) is 24.7. The van der Waals surface area contributed by atoms with Crippen molar-refractivity contribution in [2.75, 3.05) is 6.61 Å². The Bertz CT molecular complexity index is 827. The number of hydrogen-bond acceptors (Lipinski definition) is 4.